The predicted molar refractivity (Wildman–Crippen MR) is 194 cm³/mol. The molecule has 1 spiro atoms. The van der Waals surface area contributed by atoms with Crippen LogP contribution >= 0.6 is 0 Å². The fourth-order valence-electron chi connectivity index (χ4n) is 7.80. The first kappa shape index (κ1) is 40.0. The van der Waals surface area contributed by atoms with E-state index in [1.807, 2.05) is 30.3 Å². The predicted octanol–water partition coefficient (Wildman–Crippen LogP) is 4.24. The number of ether oxygens (including phenoxy) is 4. The molecule has 2 N–H and O–H groups in total. The van der Waals surface area contributed by atoms with Crippen LogP contribution in [-0.2, 0) is 41.2 Å². The molecule has 0 radical (unpaired) electrons. The average Bonchev–Trinajstić information content (AvgIpc) is 3.19. The smallest absolute Gasteiger partial charge is 0.457 e. The fraction of sp³-hybridized carbons (Fsp3) is 0.421. The topological polar surface area (TPSA) is 173 Å². The number of carbonyl (C=O) groups excluding carboxylic acids is 4. The summed E-state index contributed by atoms with van der Waals surface area (Å²) in [6.45, 7) is 1.20. The van der Waals surface area contributed by atoms with E-state index in [9.17, 15) is 40.8 Å². The van der Waals surface area contributed by atoms with Gasteiger partial charge in [0.25, 0.3) is 11.8 Å². The Balaban J connectivity index is 0.997. The largest absolute Gasteiger partial charge is 0.573 e. The Bertz CT molecular complexity index is 2050. The number of morpholine rings is 1. The maximum absolute atomic E-state index is 14.0. The van der Waals surface area contributed by atoms with Gasteiger partial charge >= 0.3 is 18.5 Å². The lowest BCUT2D eigenvalue weighted by Gasteiger charge is -2.51. The molecule has 4 saturated heterocycles. The van der Waals surface area contributed by atoms with Crippen LogP contribution in [0.4, 0.5) is 22.8 Å². The molecule has 0 unspecified atom stereocenters. The summed E-state index contributed by atoms with van der Waals surface area (Å²) in [6, 6.07) is 18.9. The van der Waals surface area contributed by atoms with Crippen molar-refractivity contribution in [2.45, 2.75) is 55.0 Å². The van der Waals surface area contributed by atoms with Gasteiger partial charge in [-0.3, -0.25) is 25.1 Å². The fourth-order valence-corrected chi connectivity index (χ4v) is 9.77. The SMILES string of the molecule is O=C1NC(=O)C(c2ccc(Oc3ccc(OC(F)(F)F)cc3)cc2)(N2CCC3(CC2)CN(S(=O)(=O)C2CCN(C(=O)OCc4ccccc4)CC2)CCO3)C(=O)N1. The highest BCUT2D eigenvalue weighted by atomic mass is 32.2. The number of benzene rings is 3. The van der Waals surface area contributed by atoms with Crippen LogP contribution in [0.3, 0.4) is 0 Å². The minimum Gasteiger partial charge on any atom is -0.457 e. The second-order valence-corrected chi connectivity index (χ2v) is 16.4. The van der Waals surface area contributed by atoms with Crippen molar-refractivity contribution < 1.29 is 59.7 Å². The number of hydrogen-bond donors (Lipinski definition) is 2. The van der Waals surface area contributed by atoms with E-state index in [4.69, 9.17) is 14.2 Å². The average molecular weight is 816 g/mol. The minimum absolute atomic E-state index is 0.0712. The Labute approximate surface area is 326 Å². The van der Waals surface area contributed by atoms with Gasteiger partial charge in [0.1, 0.15) is 23.9 Å². The first-order valence-corrected chi connectivity index (χ1v) is 19.8. The maximum Gasteiger partial charge on any atom is 0.573 e. The number of barbiturate groups is 1. The normalized spacial score (nSPS) is 20.8. The minimum atomic E-state index is -4.85. The van der Waals surface area contributed by atoms with Crippen LogP contribution < -0.4 is 20.1 Å². The summed E-state index contributed by atoms with van der Waals surface area (Å²) < 4.78 is 88.3. The molecule has 0 atom stereocenters. The lowest BCUT2D eigenvalue weighted by molar-refractivity contribution is -0.274. The second kappa shape index (κ2) is 16.0. The highest BCUT2D eigenvalue weighted by Gasteiger charge is 2.58. The van der Waals surface area contributed by atoms with Crippen molar-refractivity contribution in [2.75, 3.05) is 45.9 Å². The van der Waals surface area contributed by atoms with Crippen LogP contribution in [0.15, 0.2) is 78.9 Å². The molecule has 3 aromatic carbocycles. The number of nitrogens with one attached hydrogen (secondary N) is 2. The quantitative estimate of drug-likeness (QED) is 0.296. The van der Waals surface area contributed by atoms with Crippen molar-refractivity contribution in [3.8, 4) is 17.2 Å². The number of alkyl halides is 3. The van der Waals surface area contributed by atoms with Crippen LogP contribution in [0.25, 0.3) is 0 Å². The number of halogens is 3. The second-order valence-electron chi connectivity index (χ2n) is 14.2. The molecule has 15 nitrogen and oxygen atoms in total. The molecule has 4 fully saturated rings. The van der Waals surface area contributed by atoms with Gasteiger partial charge in [0.2, 0.25) is 15.6 Å². The van der Waals surface area contributed by atoms with Crippen molar-refractivity contribution in [3.63, 3.8) is 0 Å². The molecule has 0 saturated carbocycles. The van der Waals surface area contributed by atoms with Gasteiger partial charge in [0, 0.05) is 39.3 Å². The van der Waals surface area contributed by atoms with E-state index in [0.717, 1.165) is 17.7 Å². The van der Waals surface area contributed by atoms with Crippen LogP contribution in [-0.4, -0.2) is 110 Å². The van der Waals surface area contributed by atoms with Crippen molar-refractivity contribution in [2.24, 2.45) is 0 Å². The summed E-state index contributed by atoms with van der Waals surface area (Å²) in [4.78, 5) is 55.5. The molecule has 4 aliphatic heterocycles. The van der Waals surface area contributed by atoms with Gasteiger partial charge in [-0.2, -0.15) is 4.31 Å². The van der Waals surface area contributed by atoms with Crippen molar-refractivity contribution in [3.05, 3.63) is 90.0 Å². The first-order chi connectivity index (χ1) is 27.2. The number of sulfonamides is 1. The molecule has 0 aromatic heterocycles. The third-order valence-corrected chi connectivity index (χ3v) is 13.1. The lowest BCUT2D eigenvalue weighted by atomic mass is 9.80. The summed E-state index contributed by atoms with van der Waals surface area (Å²) in [5.74, 6) is -1.73. The van der Waals surface area contributed by atoms with Crippen molar-refractivity contribution in [1.29, 1.82) is 0 Å². The monoisotopic (exact) mass is 815 g/mol. The lowest BCUT2D eigenvalue weighted by Crippen LogP contribution is -2.73. The van der Waals surface area contributed by atoms with Crippen molar-refractivity contribution >= 4 is 34.0 Å². The number of carbonyl (C=O) groups is 4. The van der Waals surface area contributed by atoms with Crippen LogP contribution in [0.5, 0.6) is 17.2 Å². The molecular formula is C38H40F3N5O10S. The van der Waals surface area contributed by atoms with Gasteiger partial charge in [-0.15, -0.1) is 13.2 Å². The number of amides is 5. The summed E-state index contributed by atoms with van der Waals surface area (Å²) in [6.07, 6.45) is -4.32. The Hall–Kier alpha value is -5.24. The van der Waals surface area contributed by atoms with E-state index in [2.05, 4.69) is 15.4 Å². The molecular weight excluding hydrogens is 776 g/mol. The molecule has 0 aliphatic carbocycles. The third-order valence-electron chi connectivity index (χ3n) is 10.7. The van der Waals surface area contributed by atoms with Gasteiger partial charge < -0.3 is 23.8 Å². The zero-order valence-corrected chi connectivity index (χ0v) is 31.4. The Morgan fingerprint density at radius 1 is 0.807 bits per heavy atom. The number of piperidine rings is 2. The molecule has 3 aromatic rings. The number of nitrogens with zero attached hydrogens (tertiary/aromatic N) is 3. The zero-order valence-electron chi connectivity index (χ0n) is 30.5. The summed E-state index contributed by atoms with van der Waals surface area (Å²) in [5.41, 5.74) is -1.82. The van der Waals surface area contributed by atoms with E-state index >= 15 is 0 Å². The Kier molecular flexibility index (Phi) is 11.2. The highest BCUT2D eigenvalue weighted by molar-refractivity contribution is 7.89. The number of rotatable bonds is 9. The van der Waals surface area contributed by atoms with E-state index in [1.165, 1.54) is 45.6 Å². The van der Waals surface area contributed by atoms with E-state index in [1.54, 1.807) is 4.90 Å². The van der Waals surface area contributed by atoms with Crippen LogP contribution in [0.2, 0.25) is 0 Å². The summed E-state index contributed by atoms with van der Waals surface area (Å²) in [5, 5.41) is 3.71. The number of hydrogen-bond acceptors (Lipinski definition) is 11. The van der Waals surface area contributed by atoms with Gasteiger partial charge in [0.15, 0.2) is 0 Å². The zero-order chi connectivity index (χ0) is 40.4. The van der Waals surface area contributed by atoms with E-state index in [-0.39, 0.29) is 95.2 Å². The van der Waals surface area contributed by atoms with Crippen LogP contribution in [0, 0.1) is 0 Å². The number of urea groups is 1. The van der Waals surface area contributed by atoms with E-state index < -0.39 is 62.5 Å². The Morgan fingerprint density at radius 2 is 1.39 bits per heavy atom. The third kappa shape index (κ3) is 8.56. The molecule has 19 heteroatoms. The molecule has 304 valence electrons. The maximum atomic E-state index is 14.0. The molecule has 4 heterocycles. The summed E-state index contributed by atoms with van der Waals surface area (Å²) in [7, 11) is -3.78. The molecule has 57 heavy (non-hydrogen) atoms. The Morgan fingerprint density at radius 3 is 1.98 bits per heavy atom. The molecule has 0 bridgehead atoms. The molecule has 4 aliphatic rings. The molecule has 5 amide bonds. The number of likely N-dealkylation sites (tertiary alicyclic amines) is 2. The van der Waals surface area contributed by atoms with Gasteiger partial charge in [-0.05, 0) is 73.2 Å². The van der Waals surface area contributed by atoms with E-state index in [0.29, 0.717) is 0 Å². The standard InChI is InChI=1S/C38H40F3N5O10S/c39-38(40,41)56-30-12-10-29(11-13-30)55-28-8-6-27(7-9-28)37(32(47)42-34(49)43-33(37)48)45-20-16-36(17-21-45)25-46(22-23-54-36)57(51,52)31-14-18-44(19-15-31)35(50)53-24-26-4-2-1-3-5-26/h1-13,31H,14-25H2,(H2,42,43,47,48,49). The van der Waals surface area contributed by atoms with Gasteiger partial charge in [0.05, 0.1) is 17.5 Å². The van der Waals surface area contributed by atoms with Crippen LogP contribution in [0.1, 0.15) is 36.8 Å². The summed E-state index contributed by atoms with van der Waals surface area (Å²) >= 11 is 0. The molecule has 7 rings (SSSR count). The number of imide groups is 2. The first-order valence-electron chi connectivity index (χ1n) is 18.3. The van der Waals surface area contributed by atoms with Crippen molar-refractivity contribution in [1.82, 2.24) is 24.7 Å². The van der Waals surface area contributed by atoms with Gasteiger partial charge in [-0.1, -0.05) is 42.5 Å². The van der Waals surface area contributed by atoms with Gasteiger partial charge in [-0.25, -0.2) is 18.0 Å². The highest BCUT2D eigenvalue weighted by Crippen LogP contribution is 2.40.